The smallest absolute Gasteiger partial charge is 0.254 e. The Morgan fingerprint density at radius 1 is 1.07 bits per heavy atom. The summed E-state index contributed by atoms with van der Waals surface area (Å²) in [6.45, 7) is 1.29. The molecule has 3 aromatic rings. The van der Waals surface area contributed by atoms with E-state index < -0.39 is 0 Å². The minimum atomic E-state index is -0.0572. The van der Waals surface area contributed by atoms with Gasteiger partial charge in [0.15, 0.2) is 11.5 Å². The van der Waals surface area contributed by atoms with E-state index in [0.717, 1.165) is 17.3 Å². The van der Waals surface area contributed by atoms with Crippen LogP contribution in [0.1, 0.15) is 22.8 Å². The van der Waals surface area contributed by atoms with Gasteiger partial charge >= 0.3 is 0 Å². The highest BCUT2D eigenvalue weighted by Gasteiger charge is 2.30. The van der Waals surface area contributed by atoms with Crippen LogP contribution in [0.2, 0.25) is 0 Å². The van der Waals surface area contributed by atoms with E-state index >= 15 is 0 Å². The number of hydrogen-bond acceptors (Lipinski definition) is 5. The van der Waals surface area contributed by atoms with Gasteiger partial charge in [0.05, 0.1) is 39.1 Å². The number of carbonyl (C=O) groups is 1. The van der Waals surface area contributed by atoms with Crippen LogP contribution in [0, 0.1) is 0 Å². The van der Waals surface area contributed by atoms with Crippen molar-refractivity contribution >= 4 is 16.8 Å². The fourth-order valence-corrected chi connectivity index (χ4v) is 3.80. The number of nitrogens with zero attached hydrogens (tertiary/aromatic N) is 3. The maximum absolute atomic E-state index is 13.1. The lowest BCUT2D eigenvalue weighted by molar-refractivity contribution is 0.0786. The number of hydrogen-bond donors (Lipinski definition) is 0. The van der Waals surface area contributed by atoms with E-state index in [1.807, 2.05) is 34.0 Å². The fraction of sp³-hybridized carbons (Fsp3) is 0.333. The van der Waals surface area contributed by atoms with Crippen LogP contribution in [0.4, 0.5) is 0 Å². The quantitative estimate of drug-likeness (QED) is 0.679. The van der Waals surface area contributed by atoms with E-state index in [-0.39, 0.29) is 11.9 Å². The molecule has 0 spiro atoms. The Morgan fingerprint density at radius 3 is 2.46 bits per heavy atom. The molecule has 4 rings (SSSR count). The summed E-state index contributed by atoms with van der Waals surface area (Å²) in [5.41, 5.74) is 1.61. The van der Waals surface area contributed by atoms with E-state index in [1.54, 1.807) is 33.5 Å². The zero-order chi connectivity index (χ0) is 19.7. The minimum Gasteiger partial charge on any atom is -0.493 e. The maximum atomic E-state index is 13.1. The number of carbonyl (C=O) groups excluding carboxylic acids is 1. The summed E-state index contributed by atoms with van der Waals surface area (Å²) < 4.78 is 18.1. The number of ether oxygens (including phenoxy) is 3. The lowest BCUT2D eigenvalue weighted by atomic mass is 10.1. The Bertz CT molecular complexity index is 989. The van der Waals surface area contributed by atoms with Gasteiger partial charge in [-0.15, -0.1) is 0 Å². The Kier molecular flexibility index (Phi) is 4.81. The van der Waals surface area contributed by atoms with Crippen LogP contribution < -0.4 is 14.2 Å². The Hall–Kier alpha value is -3.22. The standard InChI is InChI=1S/C21H23N3O4/c1-26-18-10-15(11-19(27-2)20(18)28-3)21(25)23-9-8-16(13-23)24-17-7-5-4-6-14(17)12-22-24/h4-7,10-12,16H,8-9,13H2,1-3H3. The molecule has 1 amide bonds. The van der Waals surface area contributed by atoms with Gasteiger partial charge < -0.3 is 19.1 Å². The summed E-state index contributed by atoms with van der Waals surface area (Å²) in [6.07, 6.45) is 2.74. The summed E-state index contributed by atoms with van der Waals surface area (Å²) in [4.78, 5) is 15.0. The van der Waals surface area contributed by atoms with Crippen LogP contribution in [0.15, 0.2) is 42.6 Å². The number of para-hydroxylation sites is 1. The average molecular weight is 381 g/mol. The normalized spacial score (nSPS) is 16.4. The van der Waals surface area contributed by atoms with E-state index in [9.17, 15) is 4.79 Å². The largest absolute Gasteiger partial charge is 0.493 e. The summed E-state index contributed by atoms with van der Waals surface area (Å²) in [7, 11) is 4.63. The summed E-state index contributed by atoms with van der Waals surface area (Å²) >= 11 is 0. The molecule has 1 aliphatic rings. The second-order valence-electron chi connectivity index (χ2n) is 6.76. The van der Waals surface area contributed by atoms with Crippen molar-refractivity contribution < 1.29 is 19.0 Å². The Labute approximate surface area is 163 Å². The number of benzene rings is 2. The van der Waals surface area contributed by atoms with Crippen LogP contribution in [0.3, 0.4) is 0 Å². The minimum absolute atomic E-state index is 0.0572. The predicted octanol–water partition coefficient (Wildman–Crippen LogP) is 3.15. The zero-order valence-corrected chi connectivity index (χ0v) is 16.2. The third-order valence-corrected chi connectivity index (χ3v) is 5.21. The van der Waals surface area contributed by atoms with Crippen LogP contribution in [0.5, 0.6) is 17.2 Å². The number of fused-ring (bicyclic) bond motifs is 1. The van der Waals surface area contributed by atoms with Crippen LogP contribution in [0.25, 0.3) is 10.9 Å². The van der Waals surface area contributed by atoms with Gasteiger partial charge in [-0.1, -0.05) is 18.2 Å². The van der Waals surface area contributed by atoms with Crippen molar-refractivity contribution in [2.24, 2.45) is 0 Å². The zero-order valence-electron chi connectivity index (χ0n) is 16.2. The number of rotatable bonds is 5. The molecule has 0 radical (unpaired) electrons. The van der Waals surface area contributed by atoms with Gasteiger partial charge in [0, 0.05) is 24.0 Å². The molecule has 146 valence electrons. The third-order valence-electron chi connectivity index (χ3n) is 5.21. The molecule has 1 aromatic heterocycles. The molecule has 1 aliphatic heterocycles. The van der Waals surface area contributed by atoms with Gasteiger partial charge in [-0.25, -0.2) is 0 Å². The van der Waals surface area contributed by atoms with Crippen molar-refractivity contribution in [3.05, 3.63) is 48.2 Å². The van der Waals surface area contributed by atoms with Crippen LogP contribution in [-0.4, -0.2) is 55.0 Å². The van der Waals surface area contributed by atoms with Crippen LogP contribution >= 0.6 is 0 Å². The van der Waals surface area contributed by atoms with Gasteiger partial charge in [-0.05, 0) is 24.6 Å². The van der Waals surface area contributed by atoms with Crippen molar-refractivity contribution in [2.75, 3.05) is 34.4 Å². The van der Waals surface area contributed by atoms with Crippen molar-refractivity contribution in [3.8, 4) is 17.2 Å². The molecule has 1 unspecified atom stereocenters. The first-order valence-electron chi connectivity index (χ1n) is 9.17. The van der Waals surface area contributed by atoms with E-state index in [1.165, 1.54) is 0 Å². The first-order valence-corrected chi connectivity index (χ1v) is 9.17. The Balaban J connectivity index is 1.58. The molecular formula is C21H23N3O4. The molecule has 7 nitrogen and oxygen atoms in total. The molecule has 2 aromatic carbocycles. The second-order valence-corrected chi connectivity index (χ2v) is 6.76. The SMILES string of the molecule is COc1cc(C(=O)N2CCC(n3ncc4ccccc43)C2)cc(OC)c1OC. The lowest BCUT2D eigenvalue weighted by Gasteiger charge is -2.19. The maximum Gasteiger partial charge on any atom is 0.254 e. The summed E-state index contributed by atoms with van der Waals surface area (Å²) in [5.74, 6) is 1.36. The van der Waals surface area contributed by atoms with Crippen molar-refractivity contribution in [1.29, 1.82) is 0 Å². The molecule has 2 heterocycles. The van der Waals surface area contributed by atoms with E-state index in [0.29, 0.717) is 35.9 Å². The van der Waals surface area contributed by atoms with Gasteiger partial charge in [0.25, 0.3) is 5.91 Å². The summed E-state index contributed by atoms with van der Waals surface area (Å²) in [5, 5.41) is 5.65. The monoisotopic (exact) mass is 381 g/mol. The van der Waals surface area contributed by atoms with E-state index in [2.05, 4.69) is 11.2 Å². The lowest BCUT2D eigenvalue weighted by Crippen LogP contribution is -2.29. The van der Waals surface area contributed by atoms with Crippen molar-refractivity contribution in [3.63, 3.8) is 0 Å². The average Bonchev–Trinajstić information content (AvgIpc) is 3.38. The molecule has 1 atom stereocenters. The topological polar surface area (TPSA) is 65.8 Å². The first-order chi connectivity index (χ1) is 13.7. The number of methoxy groups -OCH3 is 3. The van der Waals surface area contributed by atoms with Crippen molar-refractivity contribution in [2.45, 2.75) is 12.5 Å². The number of amides is 1. The molecule has 7 heteroatoms. The van der Waals surface area contributed by atoms with Gasteiger partial charge in [0.1, 0.15) is 0 Å². The highest BCUT2D eigenvalue weighted by Crippen LogP contribution is 2.39. The number of aromatic nitrogens is 2. The molecule has 1 saturated heterocycles. The van der Waals surface area contributed by atoms with Gasteiger partial charge in [-0.2, -0.15) is 5.10 Å². The molecule has 1 fully saturated rings. The highest BCUT2D eigenvalue weighted by molar-refractivity contribution is 5.96. The highest BCUT2D eigenvalue weighted by atomic mass is 16.5. The first kappa shape index (κ1) is 18.2. The molecule has 0 aliphatic carbocycles. The second kappa shape index (κ2) is 7.42. The fourth-order valence-electron chi connectivity index (χ4n) is 3.80. The Morgan fingerprint density at radius 2 is 1.79 bits per heavy atom. The summed E-state index contributed by atoms with van der Waals surface area (Å²) in [6, 6.07) is 11.7. The van der Waals surface area contributed by atoms with E-state index in [4.69, 9.17) is 14.2 Å². The van der Waals surface area contributed by atoms with Crippen LogP contribution in [-0.2, 0) is 0 Å². The molecule has 28 heavy (non-hydrogen) atoms. The molecule has 0 saturated carbocycles. The number of likely N-dealkylation sites (tertiary alicyclic amines) is 1. The molecular weight excluding hydrogens is 358 g/mol. The van der Waals surface area contributed by atoms with Crippen molar-refractivity contribution in [1.82, 2.24) is 14.7 Å². The third kappa shape index (κ3) is 3.02. The predicted molar refractivity (Wildman–Crippen MR) is 105 cm³/mol. The van der Waals surface area contributed by atoms with Gasteiger partial charge in [0.2, 0.25) is 5.75 Å². The molecule has 0 bridgehead atoms. The molecule has 0 N–H and O–H groups in total. The van der Waals surface area contributed by atoms with Gasteiger partial charge in [-0.3, -0.25) is 9.48 Å².